The van der Waals surface area contributed by atoms with Crippen LogP contribution >= 0.6 is 0 Å². The first-order chi connectivity index (χ1) is 9.03. The van der Waals surface area contributed by atoms with Crippen LogP contribution in [0, 0.1) is 0 Å². The molecule has 0 atom stereocenters. The van der Waals surface area contributed by atoms with Gasteiger partial charge in [0.15, 0.2) is 0 Å². The van der Waals surface area contributed by atoms with E-state index in [9.17, 15) is 8.42 Å². The Morgan fingerprint density at radius 3 is 2.53 bits per heavy atom. The minimum absolute atomic E-state index is 0.347. The maximum atomic E-state index is 12.2. The molecule has 0 saturated carbocycles. The largest absolute Gasteiger partial charge is 0.497 e. The molecule has 1 aromatic carbocycles. The highest BCUT2D eigenvalue weighted by molar-refractivity contribution is 7.90. The minimum Gasteiger partial charge on any atom is -0.497 e. The van der Waals surface area contributed by atoms with Crippen molar-refractivity contribution >= 4 is 21.6 Å². The second-order valence-corrected chi connectivity index (χ2v) is 6.19. The van der Waals surface area contributed by atoms with Gasteiger partial charge in [-0.25, -0.2) is 0 Å². The fourth-order valence-electron chi connectivity index (χ4n) is 2.07. The summed E-state index contributed by atoms with van der Waals surface area (Å²) in [7, 11) is -1.98. The lowest BCUT2D eigenvalue weighted by molar-refractivity contribution is 0.349. The number of nitrogens with two attached hydrogens (primary N) is 1. The number of hydrogen-bond donors (Lipinski definition) is 2. The normalized spacial score (nSPS) is 17.1. The molecule has 7 heteroatoms. The Hall–Kier alpha value is -1.47. The molecule has 1 saturated heterocycles. The molecule has 1 fully saturated rings. The van der Waals surface area contributed by atoms with Gasteiger partial charge in [0.05, 0.1) is 18.5 Å². The minimum atomic E-state index is -3.52. The predicted molar refractivity (Wildman–Crippen MR) is 75.4 cm³/mol. The van der Waals surface area contributed by atoms with E-state index in [4.69, 9.17) is 10.5 Å². The quantitative estimate of drug-likeness (QED) is 0.819. The molecule has 19 heavy (non-hydrogen) atoms. The molecule has 0 radical (unpaired) electrons. The summed E-state index contributed by atoms with van der Waals surface area (Å²) < 4.78 is 33.4. The molecule has 1 aromatic rings. The Morgan fingerprint density at radius 1 is 1.26 bits per heavy atom. The van der Waals surface area contributed by atoms with Gasteiger partial charge in [0.2, 0.25) is 0 Å². The highest BCUT2D eigenvalue weighted by atomic mass is 32.2. The zero-order chi connectivity index (χ0) is 13.9. The van der Waals surface area contributed by atoms with Gasteiger partial charge in [-0.05, 0) is 25.0 Å². The van der Waals surface area contributed by atoms with Gasteiger partial charge in [-0.3, -0.25) is 4.72 Å². The van der Waals surface area contributed by atoms with Crippen molar-refractivity contribution in [3.8, 4) is 5.75 Å². The van der Waals surface area contributed by atoms with E-state index in [0.717, 1.165) is 19.3 Å². The SMILES string of the molecule is COc1ccc(NS(=O)(=O)N2CCCCC2)c(N)c1. The number of piperidine rings is 1. The Bertz CT molecular complexity index is 539. The maximum Gasteiger partial charge on any atom is 0.301 e. The molecular formula is C12H19N3O3S. The monoisotopic (exact) mass is 285 g/mol. The first-order valence-corrected chi connectivity index (χ1v) is 7.68. The second kappa shape index (κ2) is 5.66. The first kappa shape index (κ1) is 14.0. The van der Waals surface area contributed by atoms with Crippen molar-refractivity contribution in [2.45, 2.75) is 19.3 Å². The summed E-state index contributed by atoms with van der Waals surface area (Å²) in [5.74, 6) is 0.596. The van der Waals surface area contributed by atoms with Crippen molar-refractivity contribution in [1.29, 1.82) is 0 Å². The Kier molecular flexibility index (Phi) is 4.16. The van der Waals surface area contributed by atoms with Crippen LogP contribution in [0.2, 0.25) is 0 Å². The van der Waals surface area contributed by atoms with Crippen molar-refractivity contribution in [1.82, 2.24) is 4.31 Å². The third-order valence-electron chi connectivity index (χ3n) is 3.15. The summed E-state index contributed by atoms with van der Waals surface area (Å²) in [6.07, 6.45) is 2.88. The molecule has 106 valence electrons. The van der Waals surface area contributed by atoms with Gasteiger partial charge in [0, 0.05) is 19.2 Å². The fraction of sp³-hybridized carbons (Fsp3) is 0.500. The number of rotatable bonds is 4. The van der Waals surface area contributed by atoms with E-state index >= 15 is 0 Å². The van der Waals surface area contributed by atoms with Crippen LogP contribution in [0.15, 0.2) is 18.2 Å². The van der Waals surface area contributed by atoms with E-state index in [1.165, 1.54) is 11.4 Å². The van der Waals surface area contributed by atoms with Crippen LogP contribution in [0.1, 0.15) is 19.3 Å². The molecule has 1 heterocycles. The van der Waals surface area contributed by atoms with Gasteiger partial charge in [-0.2, -0.15) is 12.7 Å². The molecule has 0 spiro atoms. The molecule has 0 aliphatic carbocycles. The summed E-state index contributed by atoms with van der Waals surface area (Å²) in [5, 5.41) is 0. The smallest absolute Gasteiger partial charge is 0.301 e. The predicted octanol–water partition coefficient (Wildman–Crippen LogP) is 1.42. The third kappa shape index (κ3) is 3.30. The van der Waals surface area contributed by atoms with E-state index in [2.05, 4.69) is 4.72 Å². The number of benzene rings is 1. The van der Waals surface area contributed by atoms with Crippen LogP contribution in [-0.4, -0.2) is 32.9 Å². The molecule has 1 aliphatic heterocycles. The number of nitrogen functional groups attached to an aromatic ring is 1. The lowest BCUT2D eigenvalue weighted by Gasteiger charge is -2.26. The molecule has 1 aliphatic rings. The van der Waals surface area contributed by atoms with Crippen LogP contribution < -0.4 is 15.2 Å². The zero-order valence-electron chi connectivity index (χ0n) is 10.9. The van der Waals surface area contributed by atoms with Crippen molar-refractivity contribution in [2.75, 3.05) is 30.7 Å². The van der Waals surface area contributed by atoms with E-state index in [0.29, 0.717) is 30.2 Å². The molecule has 2 rings (SSSR count). The van der Waals surface area contributed by atoms with Gasteiger partial charge >= 0.3 is 10.2 Å². The van der Waals surface area contributed by atoms with Crippen LogP contribution in [0.4, 0.5) is 11.4 Å². The Labute approximate surface area is 113 Å². The third-order valence-corrected chi connectivity index (χ3v) is 4.68. The fourth-order valence-corrected chi connectivity index (χ4v) is 3.40. The molecule has 0 aromatic heterocycles. The highest BCUT2D eigenvalue weighted by Crippen LogP contribution is 2.26. The number of methoxy groups -OCH3 is 1. The maximum absolute atomic E-state index is 12.2. The summed E-state index contributed by atoms with van der Waals surface area (Å²) in [6.45, 7) is 1.12. The van der Waals surface area contributed by atoms with E-state index < -0.39 is 10.2 Å². The summed E-state index contributed by atoms with van der Waals surface area (Å²) in [5.41, 5.74) is 6.54. The lowest BCUT2D eigenvalue weighted by atomic mass is 10.2. The van der Waals surface area contributed by atoms with E-state index in [1.54, 1.807) is 18.2 Å². The molecule has 6 nitrogen and oxygen atoms in total. The molecule has 0 amide bonds. The molecule has 0 bridgehead atoms. The summed E-state index contributed by atoms with van der Waals surface area (Å²) in [6, 6.07) is 4.87. The topological polar surface area (TPSA) is 84.7 Å². The van der Waals surface area contributed by atoms with E-state index in [1.807, 2.05) is 0 Å². The van der Waals surface area contributed by atoms with Crippen LogP contribution in [-0.2, 0) is 10.2 Å². The Morgan fingerprint density at radius 2 is 1.95 bits per heavy atom. The molecule has 3 N–H and O–H groups in total. The second-order valence-electron chi connectivity index (χ2n) is 4.52. The van der Waals surface area contributed by atoms with Crippen molar-refractivity contribution < 1.29 is 13.2 Å². The number of nitrogens with one attached hydrogen (secondary N) is 1. The van der Waals surface area contributed by atoms with Gasteiger partial charge in [0.25, 0.3) is 0 Å². The van der Waals surface area contributed by atoms with Crippen LogP contribution in [0.3, 0.4) is 0 Å². The van der Waals surface area contributed by atoms with Gasteiger partial charge < -0.3 is 10.5 Å². The number of nitrogens with zero attached hydrogens (tertiary/aromatic N) is 1. The number of hydrogen-bond acceptors (Lipinski definition) is 4. The van der Waals surface area contributed by atoms with Crippen LogP contribution in [0.25, 0.3) is 0 Å². The Balaban J connectivity index is 2.15. The highest BCUT2D eigenvalue weighted by Gasteiger charge is 2.24. The first-order valence-electron chi connectivity index (χ1n) is 6.24. The van der Waals surface area contributed by atoms with Crippen molar-refractivity contribution in [3.05, 3.63) is 18.2 Å². The van der Waals surface area contributed by atoms with Crippen LogP contribution in [0.5, 0.6) is 5.75 Å². The van der Waals surface area contributed by atoms with Crippen molar-refractivity contribution in [3.63, 3.8) is 0 Å². The average Bonchev–Trinajstić information content (AvgIpc) is 2.42. The summed E-state index contributed by atoms with van der Waals surface area (Å²) in [4.78, 5) is 0. The molecular weight excluding hydrogens is 266 g/mol. The number of anilines is 2. The van der Waals surface area contributed by atoms with Crippen molar-refractivity contribution in [2.24, 2.45) is 0 Å². The van der Waals surface area contributed by atoms with Gasteiger partial charge in [-0.15, -0.1) is 0 Å². The van der Waals surface area contributed by atoms with Gasteiger partial charge in [-0.1, -0.05) is 6.42 Å². The summed E-state index contributed by atoms with van der Waals surface area (Å²) >= 11 is 0. The lowest BCUT2D eigenvalue weighted by Crippen LogP contribution is -2.39. The standard InChI is InChI=1S/C12H19N3O3S/c1-18-10-5-6-12(11(13)9-10)14-19(16,17)15-7-3-2-4-8-15/h5-6,9,14H,2-4,7-8,13H2,1H3. The van der Waals surface area contributed by atoms with E-state index in [-0.39, 0.29) is 0 Å². The van der Waals surface area contributed by atoms with Gasteiger partial charge in [0.1, 0.15) is 5.75 Å². The zero-order valence-corrected chi connectivity index (χ0v) is 11.7. The molecule has 0 unspecified atom stereocenters. The average molecular weight is 285 g/mol. The number of ether oxygens (including phenoxy) is 1.